The summed E-state index contributed by atoms with van der Waals surface area (Å²) in [7, 11) is 1.66. The maximum absolute atomic E-state index is 6.00. The second-order valence-corrected chi connectivity index (χ2v) is 6.34. The minimum Gasteiger partial charge on any atom is -0.493 e. The highest BCUT2D eigenvalue weighted by molar-refractivity contribution is 9.09. The van der Waals surface area contributed by atoms with E-state index in [1.54, 1.807) is 7.11 Å². The van der Waals surface area contributed by atoms with E-state index in [0.29, 0.717) is 24.9 Å². The standard InChI is InChI=1S/C18H23BrO3/c1-13(2)12-22-18-15-8-5-4-7-14(15)16(11-17(18)20-3)21-10-6-9-19/h4-5,7-8,11,13H,6,9-10,12H2,1-3H3. The lowest BCUT2D eigenvalue weighted by atomic mass is 10.1. The molecule has 2 aromatic carbocycles. The summed E-state index contributed by atoms with van der Waals surface area (Å²) in [6.45, 7) is 5.59. The first-order valence-corrected chi connectivity index (χ1v) is 8.70. The second-order valence-electron chi connectivity index (χ2n) is 5.55. The van der Waals surface area contributed by atoms with Crippen molar-refractivity contribution in [3.8, 4) is 17.2 Å². The smallest absolute Gasteiger partial charge is 0.169 e. The Labute approximate surface area is 140 Å². The van der Waals surface area contributed by atoms with Crippen molar-refractivity contribution in [3.63, 3.8) is 0 Å². The molecule has 0 amide bonds. The summed E-state index contributed by atoms with van der Waals surface area (Å²) in [5.74, 6) is 2.80. The summed E-state index contributed by atoms with van der Waals surface area (Å²) < 4.78 is 17.4. The van der Waals surface area contributed by atoms with Crippen LogP contribution >= 0.6 is 15.9 Å². The average molecular weight is 367 g/mol. The SMILES string of the molecule is COc1cc(OCCCBr)c2ccccc2c1OCC(C)C. The highest BCUT2D eigenvalue weighted by Crippen LogP contribution is 2.41. The Kier molecular flexibility index (Phi) is 6.37. The van der Waals surface area contributed by atoms with Crippen molar-refractivity contribution in [2.24, 2.45) is 5.92 Å². The third kappa shape index (κ3) is 4.07. The molecule has 0 aromatic heterocycles. The minimum absolute atomic E-state index is 0.457. The van der Waals surface area contributed by atoms with Crippen LogP contribution in [0.15, 0.2) is 30.3 Å². The van der Waals surface area contributed by atoms with Gasteiger partial charge in [0.2, 0.25) is 0 Å². The molecule has 2 aromatic rings. The maximum Gasteiger partial charge on any atom is 0.169 e. The topological polar surface area (TPSA) is 27.7 Å². The Morgan fingerprint density at radius 2 is 1.77 bits per heavy atom. The first-order valence-electron chi connectivity index (χ1n) is 7.58. The van der Waals surface area contributed by atoms with Crippen molar-refractivity contribution >= 4 is 26.7 Å². The highest BCUT2D eigenvalue weighted by atomic mass is 79.9. The van der Waals surface area contributed by atoms with Crippen LogP contribution in [0.25, 0.3) is 10.8 Å². The molecule has 0 radical (unpaired) electrons. The summed E-state index contributed by atoms with van der Waals surface area (Å²) >= 11 is 3.42. The molecule has 0 saturated heterocycles. The molecule has 120 valence electrons. The molecule has 22 heavy (non-hydrogen) atoms. The van der Waals surface area contributed by atoms with E-state index in [1.165, 1.54) is 0 Å². The zero-order valence-electron chi connectivity index (χ0n) is 13.4. The summed E-state index contributed by atoms with van der Waals surface area (Å²) in [6.07, 6.45) is 0.961. The summed E-state index contributed by atoms with van der Waals surface area (Å²) in [6, 6.07) is 10.0. The molecule has 0 N–H and O–H groups in total. The van der Waals surface area contributed by atoms with Gasteiger partial charge in [-0.1, -0.05) is 54.0 Å². The fourth-order valence-corrected chi connectivity index (χ4v) is 2.43. The third-order valence-corrected chi connectivity index (χ3v) is 3.80. The molecule has 3 nitrogen and oxygen atoms in total. The molecule has 0 bridgehead atoms. The summed E-state index contributed by atoms with van der Waals surface area (Å²) in [4.78, 5) is 0. The van der Waals surface area contributed by atoms with E-state index in [0.717, 1.165) is 34.0 Å². The van der Waals surface area contributed by atoms with Crippen molar-refractivity contribution in [2.75, 3.05) is 25.7 Å². The van der Waals surface area contributed by atoms with Gasteiger partial charge < -0.3 is 14.2 Å². The number of benzene rings is 2. The minimum atomic E-state index is 0.457. The second kappa shape index (κ2) is 8.28. The summed E-state index contributed by atoms with van der Waals surface area (Å²) in [5.41, 5.74) is 0. The van der Waals surface area contributed by atoms with E-state index >= 15 is 0 Å². The predicted octanol–water partition coefficient (Wildman–Crippen LogP) is 5.05. The van der Waals surface area contributed by atoms with Gasteiger partial charge in [0, 0.05) is 22.2 Å². The van der Waals surface area contributed by atoms with Crippen LogP contribution in [0.4, 0.5) is 0 Å². The molecular weight excluding hydrogens is 344 g/mol. The lowest BCUT2D eigenvalue weighted by Gasteiger charge is -2.17. The van der Waals surface area contributed by atoms with Gasteiger partial charge >= 0.3 is 0 Å². The van der Waals surface area contributed by atoms with Crippen LogP contribution in [-0.2, 0) is 0 Å². The molecule has 0 heterocycles. The average Bonchev–Trinajstić information content (AvgIpc) is 2.53. The van der Waals surface area contributed by atoms with Crippen molar-refractivity contribution in [1.82, 2.24) is 0 Å². The monoisotopic (exact) mass is 366 g/mol. The van der Waals surface area contributed by atoms with Gasteiger partial charge in [-0.2, -0.15) is 0 Å². The molecule has 0 fully saturated rings. The first kappa shape index (κ1) is 16.9. The van der Waals surface area contributed by atoms with E-state index in [2.05, 4.69) is 35.8 Å². The molecule has 0 unspecified atom stereocenters. The van der Waals surface area contributed by atoms with Crippen LogP contribution in [0.3, 0.4) is 0 Å². The molecule has 0 aliphatic heterocycles. The van der Waals surface area contributed by atoms with E-state index in [9.17, 15) is 0 Å². The van der Waals surface area contributed by atoms with Crippen LogP contribution in [0, 0.1) is 5.92 Å². The van der Waals surface area contributed by atoms with Gasteiger partial charge in [0.25, 0.3) is 0 Å². The Bertz CT molecular complexity index is 611. The Hall–Kier alpha value is -1.42. The molecule has 0 spiro atoms. The fraction of sp³-hybridized carbons (Fsp3) is 0.444. The molecule has 0 aliphatic rings. The van der Waals surface area contributed by atoms with Gasteiger partial charge in [-0.05, 0) is 12.3 Å². The lowest BCUT2D eigenvalue weighted by molar-refractivity contribution is 0.258. The van der Waals surface area contributed by atoms with E-state index in [1.807, 2.05) is 24.3 Å². The number of hydrogen-bond acceptors (Lipinski definition) is 3. The number of methoxy groups -OCH3 is 1. The van der Waals surface area contributed by atoms with Gasteiger partial charge in [-0.25, -0.2) is 0 Å². The van der Waals surface area contributed by atoms with Crippen molar-refractivity contribution in [2.45, 2.75) is 20.3 Å². The first-order chi connectivity index (χ1) is 10.7. The zero-order valence-corrected chi connectivity index (χ0v) is 15.0. The molecule has 2 rings (SSSR count). The van der Waals surface area contributed by atoms with Crippen LogP contribution in [0.5, 0.6) is 17.2 Å². The van der Waals surface area contributed by atoms with E-state index < -0.39 is 0 Å². The van der Waals surface area contributed by atoms with Crippen LogP contribution < -0.4 is 14.2 Å². The Morgan fingerprint density at radius 3 is 2.41 bits per heavy atom. The van der Waals surface area contributed by atoms with Crippen LogP contribution in [0.1, 0.15) is 20.3 Å². The van der Waals surface area contributed by atoms with Crippen molar-refractivity contribution in [3.05, 3.63) is 30.3 Å². The Balaban J connectivity index is 2.43. The number of ether oxygens (including phenoxy) is 3. The molecular formula is C18H23BrO3. The number of halogens is 1. The number of fused-ring (bicyclic) bond motifs is 1. The quantitative estimate of drug-likeness (QED) is 0.483. The van der Waals surface area contributed by atoms with Gasteiger partial charge in [0.05, 0.1) is 20.3 Å². The van der Waals surface area contributed by atoms with Gasteiger partial charge in [0.15, 0.2) is 11.5 Å². The molecule has 0 atom stereocenters. The highest BCUT2D eigenvalue weighted by Gasteiger charge is 2.15. The molecule has 0 aliphatic carbocycles. The van der Waals surface area contributed by atoms with Crippen molar-refractivity contribution in [1.29, 1.82) is 0 Å². The van der Waals surface area contributed by atoms with E-state index in [-0.39, 0.29) is 0 Å². The number of hydrogen-bond donors (Lipinski definition) is 0. The number of alkyl halides is 1. The lowest BCUT2D eigenvalue weighted by Crippen LogP contribution is -2.06. The number of rotatable bonds is 8. The zero-order chi connectivity index (χ0) is 15.9. The van der Waals surface area contributed by atoms with Gasteiger partial charge in [-0.3, -0.25) is 0 Å². The van der Waals surface area contributed by atoms with Crippen molar-refractivity contribution < 1.29 is 14.2 Å². The fourth-order valence-electron chi connectivity index (χ4n) is 2.20. The van der Waals surface area contributed by atoms with E-state index in [4.69, 9.17) is 14.2 Å². The normalized spacial score (nSPS) is 11.0. The van der Waals surface area contributed by atoms with Crippen LogP contribution in [0.2, 0.25) is 0 Å². The summed E-state index contributed by atoms with van der Waals surface area (Å²) in [5, 5.41) is 3.01. The Morgan fingerprint density at radius 1 is 1.05 bits per heavy atom. The van der Waals surface area contributed by atoms with Gasteiger partial charge in [0.1, 0.15) is 5.75 Å². The molecule has 0 saturated carbocycles. The predicted molar refractivity (Wildman–Crippen MR) is 94.7 cm³/mol. The maximum atomic E-state index is 6.00. The van der Waals surface area contributed by atoms with Gasteiger partial charge in [-0.15, -0.1) is 0 Å². The third-order valence-electron chi connectivity index (χ3n) is 3.24. The molecule has 4 heteroatoms. The largest absolute Gasteiger partial charge is 0.493 e. The van der Waals surface area contributed by atoms with Crippen LogP contribution in [-0.4, -0.2) is 25.7 Å².